The summed E-state index contributed by atoms with van der Waals surface area (Å²) in [6, 6.07) is 12.8. The first-order valence-corrected chi connectivity index (χ1v) is 12.2. The molecular formula is C24H26N4O2S2. The van der Waals surface area contributed by atoms with E-state index in [4.69, 9.17) is 21.9 Å². The number of nitrogens with one attached hydrogen (secondary N) is 3. The zero-order chi connectivity index (χ0) is 22.2. The van der Waals surface area contributed by atoms with Gasteiger partial charge in [0.25, 0.3) is 0 Å². The summed E-state index contributed by atoms with van der Waals surface area (Å²) in [5.74, 6) is 0.912. The highest BCUT2D eigenvalue weighted by molar-refractivity contribution is 7.80. The van der Waals surface area contributed by atoms with Crippen molar-refractivity contribution in [1.29, 1.82) is 0 Å². The number of thiazole rings is 1. The highest BCUT2D eigenvalue weighted by Crippen LogP contribution is 2.42. The number of ether oxygens (including phenoxy) is 1. The van der Waals surface area contributed by atoms with Gasteiger partial charge in [0.1, 0.15) is 16.9 Å². The lowest BCUT2D eigenvalue weighted by atomic mass is 10.0. The molecule has 1 fully saturated rings. The van der Waals surface area contributed by atoms with Crippen LogP contribution in [-0.2, 0) is 11.2 Å². The number of carbonyl (C=O) groups is 1. The van der Waals surface area contributed by atoms with Gasteiger partial charge in [0, 0.05) is 24.9 Å². The molecule has 2 aliphatic heterocycles. The molecule has 1 aromatic heterocycles. The summed E-state index contributed by atoms with van der Waals surface area (Å²) in [4.78, 5) is 17.3. The Bertz CT molecular complexity index is 1160. The van der Waals surface area contributed by atoms with Gasteiger partial charge in [-0.1, -0.05) is 18.2 Å². The van der Waals surface area contributed by atoms with Crippen LogP contribution >= 0.6 is 23.6 Å². The molecule has 32 heavy (non-hydrogen) atoms. The molecule has 0 bridgehead atoms. The number of hydrogen-bond acceptors (Lipinski definition) is 5. The fraction of sp³-hybridized carbons (Fsp3) is 0.375. The molecule has 0 saturated carbocycles. The second kappa shape index (κ2) is 8.67. The van der Waals surface area contributed by atoms with Gasteiger partial charge in [-0.2, -0.15) is 0 Å². The maximum absolute atomic E-state index is 12.5. The van der Waals surface area contributed by atoms with Crippen molar-refractivity contribution in [3.05, 3.63) is 47.5 Å². The highest BCUT2D eigenvalue weighted by atomic mass is 32.1. The van der Waals surface area contributed by atoms with Crippen molar-refractivity contribution in [1.82, 2.24) is 20.9 Å². The molecule has 0 radical (unpaired) electrons. The molecule has 166 valence electrons. The number of benzene rings is 2. The molecule has 0 spiro atoms. The number of fused-ring (bicyclic) bond motifs is 2. The molecule has 3 heterocycles. The monoisotopic (exact) mass is 466 g/mol. The van der Waals surface area contributed by atoms with Crippen LogP contribution in [0.15, 0.2) is 36.4 Å². The van der Waals surface area contributed by atoms with Crippen LogP contribution < -0.4 is 20.7 Å². The van der Waals surface area contributed by atoms with E-state index in [1.807, 2.05) is 18.2 Å². The van der Waals surface area contributed by atoms with E-state index in [0.29, 0.717) is 18.1 Å². The molecule has 8 heteroatoms. The smallest absolute Gasteiger partial charge is 0.222 e. The highest BCUT2D eigenvalue weighted by Gasteiger charge is 2.29. The predicted molar refractivity (Wildman–Crippen MR) is 132 cm³/mol. The Hall–Kier alpha value is -2.71. The van der Waals surface area contributed by atoms with Crippen molar-refractivity contribution in [2.24, 2.45) is 0 Å². The van der Waals surface area contributed by atoms with E-state index in [9.17, 15) is 4.79 Å². The molecule has 2 aliphatic rings. The first kappa shape index (κ1) is 21.2. The van der Waals surface area contributed by atoms with Crippen LogP contribution in [0.2, 0.25) is 0 Å². The van der Waals surface area contributed by atoms with Crippen molar-refractivity contribution in [3.63, 3.8) is 0 Å². The lowest BCUT2D eigenvalue weighted by Gasteiger charge is -2.30. The van der Waals surface area contributed by atoms with E-state index in [2.05, 4.69) is 48.0 Å². The Kier molecular flexibility index (Phi) is 5.73. The number of amides is 1. The predicted octanol–water partition coefficient (Wildman–Crippen LogP) is 3.71. The van der Waals surface area contributed by atoms with Gasteiger partial charge < -0.3 is 20.7 Å². The van der Waals surface area contributed by atoms with Crippen molar-refractivity contribution >= 4 is 44.8 Å². The van der Waals surface area contributed by atoms with E-state index in [1.165, 1.54) is 15.8 Å². The summed E-state index contributed by atoms with van der Waals surface area (Å²) in [5, 5.41) is 11.0. The van der Waals surface area contributed by atoms with Gasteiger partial charge in [-0.05, 0) is 61.8 Å². The van der Waals surface area contributed by atoms with E-state index < -0.39 is 0 Å². The van der Waals surface area contributed by atoms with Gasteiger partial charge >= 0.3 is 0 Å². The van der Waals surface area contributed by atoms with Gasteiger partial charge in [0.15, 0.2) is 5.11 Å². The molecule has 6 nitrogen and oxygen atoms in total. The second-order valence-electron chi connectivity index (χ2n) is 8.69. The summed E-state index contributed by atoms with van der Waals surface area (Å²) < 4.78 is 7.49. The first-order valence-electron chi connectivity index (χ1n) is 10.9. The topological polar surface area (TPSA) is 75.3 Å². The van der Waals surface area contributed by atoms with Crippen LogP contribution in [0.3, 0.4) is 0 Å². The molecule has 3 aromatic rings. The molecule has 1 saturated heterocycles. The molecule has 1 amide bonds. The number of thiocarbonyl (C=S) groups is 1. The van der Waals surface area contributed by atoms with E-state index >= 15 is 0 Å². The molecule has 5 rings (SSSR count). The number of aryl methyl sites for hydroxylation is 1. The molecule has 3 atom stereocenters. The fourth-order valence-electron chi connectivity index (χ4n) is 4.51. The Morgan fingerprint density at radius 3 is 2.97 bits per heavy atom. The standard InChI is InChI=1S/C24H26N4O2S2/c1-13-7-15-10-17(12-25-21(29)11-16-9-14(2)26-24(31)27-16)30-22(15)18(8-13)23-28-19-5-3-4-6-20(19)32-23/h3-8,14,16-17H,9-12H2,1-2H3,(H,25,29)(H2,26,27,31)/t14-,16+,17-/m1/s1. The average Bonchev–Trinajstić information content (AvgIpc) is 3.34. The minimum Gasteiger partial charge on any atom is -0.487 e. The van der Waals surface area contributed by atoms with Crippen molar-refractivity contribution in [3.8, 4) is 16.3 Å². The Labute approximate surface area is 196 Å². The normalized spacial score (nSPS) is 22.1. The van der Waals surface area contributed by atoms with Gasteiger partial charge in [0.05, 0.1) is 22.3 Å². The zero-order valence-electron chi connectivity index (χ0n) is 18.1. The number of rotatable bonds is 5. The van der Waals surface area contributed by atoms with Gasteiger partial charge in [0.2, 0.25) is 5.91 Å². The minimum atomic E-state index is -0.0788. The van der Waals surface area contributed by atoms with Gasteiger partial charge in [-0.25, -0.2) is 4.98 Å². The van der Waals surface area contributed by atoms with Crippen LogP contribution in [0.4, 0.5) is 0 Å². The summed E-state index contributed by atoms with van der Waals surface area (Å²) in [6.45, 7) is 4.66. The molecule has 3 N–H and O–H groups in total. The number of para-hydroxylation sites is 1. The zero-order valence-corrected chi connectivity index (χ0v) is 19.7. The lowest BCUT2D eigenvalue weighted by molar-refractivity contribution is -0.121. The Morgan fingerprint density at radius 2 is 2.16 bits per heavy atom. The summed E-state index contributed by atoms with van der Waals surface area (Å²) >= 11 is 6.89. The number of carbonyl (C=O) groups excluding carboxylic acids is 1. The van der Waals surface area contributed by atoms with Gasteiger partial charge in [-0.3, -0.25) is 4.79 Å². The molecule has 0 aliphatic carbocycles. The molecule has 0 unspecified atom stereocenters. The lowest BCUT2D eigenvalue weighted by Crippen LogP contribution is -2.54. The molecule has 2 aromatic carbocycles. The third-order valence-corrected chi connectivity index (χ3v) is 7.18. The maximum Gasteiger partial charge on any atom is 0.222 e. The van der Waals surface area contributed by atoms with Crippen molar-refractivity contribution in [2.75, 3.05) is 6.54 Å². The van der Waals surface area contributed by atoms with Crippen LogP contribution in [0.1, 0.15) is 30.9 Å². The van der Waals surface area contributed by atoms with Crippen LogP contribution in [-0.4, -0.2) is 40.7 Å². The SMILES string of the molecule is Cc1cc2c(c(-c3nc4ccccc4s3)c1)O[C@@H](CNC(=O)C[C@@H]1C[C@@H](C)NC(=S)N1)C2. The summed E-state index contributed by atoms with van der Waals surface area (Å²) in [5.41, 5.74) is 4.41. The Balaban J connectivity index is 1.25. The van der Waals surface area contributed by atoms with Crippen molar-refractivity contribution in [2.45, 2.75) is 51.3 Å². The quantitative estimate of drug-likeness (QED) is 0.498. The third kappa shape index (κ3) is 4.42. The number of nitrogens with zero attached hydrogens (tertiary/aromatic N) is 1. The largest absolute Gasteiger partial charge is 0.487 e. The van der Waals surface area contributed by atoms with Crippen molar-refractivity contribution < 1.29 is 9.53 Å². The van der Waals surface area contributed by atoms with E-state index in [1.54, 1.807) is 11.3 Å². The molecular weight excluding hydrogens is 440 g/mol. The average molecular weight is 467 g/mol. The second-order valence-corrected chi connectivity index (χ2v) is 10.1. The fourth-order valence-corrected chi connectivity index (χ4v) is 5.85. The van der Waals surface area contributed by atoms with Crippen LogP contribution in [0.5, 0.6) is 5.75 Å². The number of hydrogen-bond donors (Lipinski definition) is 3. The number of aromatic nitrogens is 1. The Morgan fingerprint density at radius 1 is 1.31 bits per heavy atom. The van der Waals surface area contributed by atoms with Crippen LogP contribution in [0.25, 0.3) is 20.8 Å². The van der Waals surface area contributed by atoms with E-state index in [0.717, 1.165) is 34.7 Å². The summed E-state index contributed by atoms with van der Waals surface area (Å²) in [7, 11) is 0. The first-order chi connectivity index (χ1) is 15.4. The third-order valence-electron chi connectivity index (χ3n) is 5.88. The minimum absolute atomic E-state index is 0.0153. The summed E-state index contributed by atoms with van der Waals surface area (Å²) in [6.07, 6.45) is 1.97. The van der Waals surface area contributed by atoms with Crippen LogP contribution in [0, 0.1) is 6.92 Å². The van der Waals surface area contributed by atoms with Gasteiger partial charge in [-0.15, -0.1) is 11.3 Å². The maximum atomic E-state index is 12.5. The van der Waals surface area contributed by atoms with E-state index in [-0.39, 0.29) is 24.1 Å².